The van der Waals surface area contributed by atoms with Crippen LogP contribution in [0.4, 0.5) is 5.82 Å². The van der Waals surface area contributed by atoms with Gasteiger partial charge in [-0.3, -0.25) is 4.40 Å². The van der Waals surface area contributed by atoms with Gasteiger partial charge in [-0.15, -0.1) is 0 Å². The Morgan fingerprint density at radius 2 is 2.11 bits per heavy atom. The molecule has 0 spiro atoms. The number of rotatable bonds is 1. The quantitative estimate of drug-likeness (QED) is 0.704. The van der Waals surface area contributed by atoms with Crippen LogP contribution in [0, 0.1) is 6.92 Å². The van der Waals surface area contributed by atoms with Gasteiger partial charge in [-0.1, -0.05) is 6.07 Å². The Kier molecular flexibility index (Phi) is 2.71. The fourth-order valence-electron chi connectivity index (χ4n) is 1.93. The van der Waals surface area contributed by atoms with E-state index < -0.39 is 0 Å². The second-order valence-corrected chi connectivity index (χ2v) is 5.51. The van der Waals surface area contributed by atoms with Gasteiger partial charge < -0.3 is 10.2 Å². The third kappa shape index (κ3) is 1.67. The summed E-state index contributed by atoms with van der Waals surface area (Å²) in [6, 6.07) is 7.70. The normalized spacial score (nSPS) is 11.3. The van der Waals surface area contributed by atoms with Crippen LogP contribution in [0.15, 0.2) is 37.8 Å². The zero-order valence-electron chi connectivity index (χ0n) is 9.45. The molecule has 92 valence electrons. The van der Waals surface area contributed by atoms with Gasteiger partial charge in [0.2, 0.25) is 0 Å². The summed E-state index contributed by atoms with van der Waals surface area (Å²) in [5, 5.41) is 0. The largest absolute Gasteiger partial charge is 0.446 e. The Morgan fingerprint density at radius 1 is 1.33 bits per heavy atom. The van der Waals surface area contributed by atoms with Crippen molar-refractivity contribution >= 4 is 43.3 Å². The van der Waals surface area contributed by atoms with E-state index in [0.29, 0.717) is 21.9 Å². The summed E-state index contributed by atoms with van der Waals surface area (Å²) < 4.78 is 8.94. The van der Waals surface area contributed by atoms with Crippen LogP contribution < -0.4 is 5.73 Å². The fraction of sp³-hybridized carbons (Fsp3) is 0.0833. The Labute approximate surface area is 120 Å². The van der Waals surface area contributed by atoms with Crippen molar-refractivity contribution in [1.82, 2.24) is 9.38 Å². The number of imidazole rings is 1. The Morgan fingerprint density at radius 3 is 2.72 bits per heavy atom. The van der Waals surface area contributed by atoms with E-state index in [1.165, 1.54) is 0 Å². The summed E-state index contributed by atoms with van der Waals surface area (Å²) >= 11 is 6.69. The van der Waals surface area contributed by atoms with Crippen LogP contribution in [0.5, 0.6) is 0 Å². The topological polar surface area (TPSA) is 56.5 Å². The summed E-state index contributed by atoms with van der Waals surface area (Å²) in [6.45, 7) is 1.99. The lowest BCUT2D eigenvalue weighted by atomic mass is 10.3. The van der Waals surface area contributed by atoms with Gasteiger partial charge in [0, 0.05) is 11.8 Å². The van der Waals surface area contributed by atoms with Crippen LogP contribution in [0.25, 0.3) is 17.1 Å². The number of aromatic nitrogens is 2. The van der Waals surface area contributed by atoms with Crippen LogP contribution in [0.3, 0.4) is 0 Å². The van der Waals surface area contributed by atoms with Gasteiger partial charge >= 0.3 is 0 Å². The van der Waals surface area contributed by atoms with Crippen molar-refractivity contribution in [3.8, 4) is 11.5 Å². The molecule has 3 aromatic heterocycles. The Bertz CT molecular complexity index is 726. The van der Waals surface area contributed by atoms with E-state index in [1.807, 2.05) is 35.6 Å². The molecular formula is C12H9Br2N3O. The molecule has 0 saturated heterocycles. The van der Waals surface area contributed by atoms with Crippen molar-refractivity contribution < 1.29 is 4.42 Å². The number of nitrogens with two attached hydrogens (primary N) is 1. The molecule has 4 nitrogen and oxygen atoms in total. The van der Waals surface area contributed by atoms with Crippen molar-refractivity contribution in [2.45, 2.75) is 6.92 Å². The van der Waals surface area contributed by atoms with Crippen molar-refractivity contribution in [3.05, 3.63) is 39.1 Å². The van der Waals surface area contributed by atoms with Crippen LogP contribution in [0.1, 0.15) is 5.69 Å². The third-order valence-electron chi connectivity index (χ3n) is 2.75. The molecule has 0 aliphatic rings. The first kappa shape index (κ1) is 11.8. The number of hydrogen-bond donors (Lipinski definition) is 1. The lowest BCUT2D eigenvalue weighted by Gasteiger charge is -2.00. The first-order valence-corrected chi connectivity index (χ1v) is 6.85. The Hall–Kier alpha value is -1.27. The van der Waals surface area contributed by atoms with Gasteiger partial charge in [-0.2, -0.15) is 0 Å². The van der Waals surface area contributed by atoms with Crippen LogP contribution in [-0.2, 0) is 0 Å². The molecule has 18 heavy (non-hydrogen) atoms. The van der Waals surface area contributed by atoms with Gasteiger partial charge in [-0.05, 0) is 50.9 Å². The number of fused-ring (bicyclic) bond motifs is 1. The molecule has 0 fully saturated rings. The van der Waals surface area contributed by atoms with Gasteiger partial charge in [0.15, 0.2) is 10.4 Å². The molecule has 3 aromatic rings. The second-order valence-electron chi connectivity index (χ2n) is 3.94. The Balaban J connectivity index is 2.30. The number of hydrogen-bond acceptors (Lipinski definition) is 3. The predicted molar refractivity (Wildman–Crippen MR) is 77.4 cm³/mol. The zero-order chi connectivity index (χ0) is 12.9. The van der Waals surface area contributed by atoms with Crippen molar-refractivity contribution in [1.29, 1.82) is 0 Å². The van der Waals surface area contributed by atoms with E-state index in [9.17, 15) is 0 Å². The lowest BCUT2D eigenvalue weighted by Crippen LogP contribution is -1.96. The minimum absolute atomic E-state index is 0.580. The molecule has 0 aromatic carbocycles. The lowest BCUT2D eigenvalue weighted by molar-refractivity contribution is 0.552. The number of halogens is 2. The molecule has 3 heterocycles. The summed E-state index contributed by atoms with van der Waals surface area (Å²) in [6.07, 6.45) is 0. The predicted octanol–water partition coefficient (Wildman–Crippen LogP) is 4.01. The van der Waals surface area contributed by atoms with E-state index in [1.54, 1.807) is 0 Å². The highest BCUT2D eigenvalue weighted by atomic mass is 79.9. The zero-order valence-corrected chi connectivity index (χ0v) is 12.6. The number of aryl methyl sites for hydroxylation is 1. The molecule has 0 radical (unpaired) electrons. The number of nitrogen functional groups attached to an aromatic ring is 1. The monoisotopic (exact) mass is 369 g/mol. The van der Waals surface area contributed by atoms with Gasteiger partial charge in [0.25, 0.3) is 0 Å². The van der Waals surface area contributed by atoms with E-state index in [0.717, 1.165) is 15.8 Å². The SMILES string of the molecule is Cc1cccc2nc(-c3cc(Br)c(Br)o3)c(N)n12. The minimum Gasteiger partial charge on any atom is -0.446 e. The van der Waals surface area contributed by atoms with E-state index in [4.69, 9.17) is 10.2 Å². The van der Waals surface area contributed by atoms with Gasteiger partial charge in [-0.25, -0.2) is 4.98 Å². The maximum atomic E-state index is 6.14. The highest BCUT2D eigenvalue weighted by Gasteiger charge is 2.17. The maximum Gasteiger partial charge on any atom is 0.184 e. The molecule has 0 saturated carbocycles. The number of nitrogens with zero attached hydrogens (tertiary/aromatic N) is 2. The maximum absolute atomic E-state index is 6.14. The molecule has 2 N–H and O–H groups in total. The van der Waals surface area contributed by atoms with Crippen LogP contribution in [0.2, 0.25) is 0 Å². The molecule has 3 rings (SSSR count). The molecule has 0 aliphatic carbocycles. The van der Waals surface area contributed by atoms with Crippen LogP contribution in [-0.4, -0.2) is 9.38 Å². The van der Waals surface area contributed by atoms with Gasteiger partial charge in [0.05, 0.1) is 4.47 Å². The summed E-state index contributed by atoms with van der Waals surface area (Å²) in [5.41, 5.74) is 8.64. The fourth-order valence-corrected chi connectivity index (χ4v) is 2.50. The molecule has 6 heteroatoms. The molecule has 0 bridgehead atoms. The number of furan rings is 1. The highest BCUT2D eigenvalue weighted by molar-refractivity contribution is 9.13. The average molecular weight is 371 g/mol. The van der Waals surface area contributed by atoms with Crippen LogP contribution >= 0.6 is 31.9 Å². The molecule has 0 atom stereocenters. The van der Waals surface area contributed by atoms with Gasteiger partial charge in [0.1, 0.15) is 17.2 Å². The third-order valence-corrected chi connectivity index (χ3v) is 4.46. The first-order valence-electron chi connectivity index (χ1n) is 5.26. The summed E-state index contributed by atoms with van der Waals surface area (Å²) in [4.78, 5) is 4.50. The number of pyridine rings is 1. The highest BCUT2D eigenvalue weighted by Crippen LogP contribution is 2.35. The van der Waals surface area contributed by atoms with E-state index >= 15 is 0 Å². The number of anilines is 1. The van der Waals surface area contributed by atoms with Crippen molar-refractivity contribution in [3.63, 3.8) is 0 Å². The summed E-state index contributed by atoms with van der Waals surface area (Å²) in [5.74, 6) is 1.21. The first-order chi connectivity index (χ1) is 8.58. The molecular weight excluding hydrogens is 362 g/mol. The van der Waals surface area contributed by atoms with Crippen molar-refractivity contribution in [2.24, 2.45) is 0 Å². The van der Waals surface area contributed by atoms with Crippen molar-refractivity contribution in [2.75, 3.05) is 5.73 Å². The average Bonchev–Trinajstić information content (AvgIpc) is 2.82. The molecule has 0 amide bonds. The smallest absolute Gasteiger partial charge is 0.184 e. The minimum atomic E-state index is 0.580. The second kappa shape index (κ2) is 4.13. The molecule has 0 aliphatic heterocycles. The molecule has 0 unspecified atom stereocenters. The summed E-state index contributed by atoms with van der Waals surface area (Å²) in [7, 11) is 0. The van der Waals surface area contributed by atoms with E-state index in [-0.39, 0.29) is 0 Å². The standard InChI is InChI=1S/C12H9Br2N3O/c1-6-3-2-4-9-16-10(12(15)17(6)9)8-5-7(13)11(14)18-8/h2-5H,15H2,1H3. The van der Waals surface area contributed by atoms with E-state index in [2.05, 4.69) is 36.8 Å².